The minimum absolute atomic E-state index is 0.00105. The fourth-order valence-electron chi connectivity index (χ4n) is 2.22. The summed E-state index contributed by atoms with van der Waals surface area (Å²) in [5.41, 5.74) is 0.0753. The molecule has 0 saturated heterocycles. The van der Waals surface area contributed by atoms with E-state index in [0.29, 0.717) is 10.7 Å². The molecule has 3 rings (SSSR count). The zero-order valence-electron chi connectivity index (χ0n) is 12.7. The Balaban J connectivity index is 2.08. The summed E-state index contributed by atoms with van der Waals surface area (Å²) >= 11 is 6.03. The third-order valence-corrected chi connectivity index (χ3v) is 4.97. The molecule has 0 spiro atoms. The Morgan fingerprint density at radius 1 is 1.32 bits per heavy atom. The molecule has 9 nitrogen and oxygen atoms in total. The van der Waals surface area contributed by atoms with Crippen molar-refractivity contribution in [3.8, 4) is 5.75 Å². The highest BCUT2D eigenvalue weighted by molar-refractivity contribution is 7.90. The molecule has 2 N–H and O–H groups in total. The normalized spacial score (nSPS) is 14.7. The molecular formula is C14H11ClN4O5S. The van der Waals surface area contributed by atoms with Gasteiger partial charge in [0, 0.05) is 6.07 Å². The number of ether oxygens (including phenoxy) is 1. The molecule has 2 aromatic rings. The van der Waals surface area contributed by atoms with Gasteiger partial charge < -0.3 is 15.4 Å². The summed E-state index contributed by atoms with van der Waals surface area (Å²) in [6, 6.07) is 8.75. The number of benzene rings is 2. The number of halogens is 1. The predicted molar refractivity (Wildman–Crippen MR) is 93.0 cm³/mol. The number of nitro benzene ring substituents is 1. The van der Waals surface area contributed by atoms with Gasteiger partial charge in [0.05, 0.1) is 28.8 Å². The summed E-state index contributed by atoms with van der Waals surface area (Å²) in [6.07, 6.45) is 0. The Morgan fingerprint density at radius 3 is 2.68 bits per heavy atom. The maximum Gasteiger partial charge on any atom is 0.288 e. The maximum absolute atomic E-state index is 12.4. The van der Waals surface area contributed by atoms with E-state index in [-0.39, 0.29) is 22.3 Å². The Kier molecular flexibility index (Phi) is 4.23. The number of anilines is 2. The van der Waals surface area contributed by atoms with Gasteiger partial charge in [-0.3, -0.25) is 10.1 Å². The van der Waals surface area contributed by atoms with Crippen LogP contribution in [0.5, 0.6) is 5.75 Å². The lowest BCUT2D eigenvalue weighted by molar-refractivity contribution is -0.385. The SMILES string of the molecule is COc1cc([N+](=O)[O-])cc2c1NC(Nc1ccccc1Cl)=NS2(=O)=O. The molecule has 1 aliphatic rings. The topological polar surface area (TPSA) is 123 Å². The van der Waals surface area contributed by atoms with Gasteiger partial charge in [0.25, 0.3) is 15.7 Å². The van der Waals surface area contributed by atoms with Crippen LogP contribution in [0, 0.1) is 10.1 Å². The van der Waals surface area contributed by atoms with E-state index in [1.807, 2.05) is 0 Å². The molecule has 0 saturated carbocycles. The first-order valence-electron chi connectivity index (χ1n) is 6.82. The standard InChI is InChI=1S/C14H11ClN4O5S/c1-24-11-6-8(19(20)21)7-12-13(11)17-14(18-25(12,22)23)16-10-5-3-2-4-9(10)15/h2-7H,1H3,(H2,16,17,18). The van der Waals surface area contributed by atoms with E-state index >= 15 is 0 Å². The van der Waals surface area contributed by atoms with Gasteiger partial charge in [0.1, 0.15) is 10.6 Å². The quantitative estimate of drug-likeness (QED) is 0.617. The predicted octanol–water partition coefficient (Wildman–Crippen LogP) is 2.84. The zero-order valence-corrected chi connectivity index (χ0v) is 14.3. The molecule has 0 radical (unpaired) electrons. The van der Waals surface area contributed by atoms with E-state index in [1.165, 1.54) is 7.11 Å². The number of para-hydroxylation sites is 1. The molecule has 0 fully saturated rings. The number of nitrogens with zero attached hydrogens (tertiary/aromatic N) is 2. The van der Waals surface area contributed by atoms with Crippen molar-refractivity contribution in [1.29, 1.82) is 0 Å². The molecule has 0 amide bonds. The third-order valence-electron chi connectivity index (χ3n) is 3.34. The van der Waals surface area contributed by atoms with Crippen molar-refractivity contribution in [2.75, 3.05) is 17.7 Å². The maximum atomic E-state index is 12.4. The van der Waals surface area contributed by atoms with E-state index in [4.69, 9.17) is 16.3 Å². The van der Waals surface area contributed by atoms with Crippen molar-refractivity contribution in [2.24, 2.45) is 4.40 Å². The zero-order chi connectivity index (χ0) is 18.2. The number of rotatable bonds is 3. The largest absolute Gasteiger partial charge is 0.494 e. The van der Waals surface area contributed by atoms with Crippen LogP contribution in [0.1, 0.15) is 0 Å². The van der Waals surface area contributed by atoms with E-state index < -0.39 is 20.6 Å². The van der Waals surface area contributed by atoms with E-state index in [2.05, 4.69) is 15.0 Å². The highest BCUT2D eigenvalue weighted by atomic mass is 35.5. The lowest BCUT2D eigenvalue weighted by Gasteiger charge is -2.21. The number of guanidine groups is 1. The Hall–Kier alpha value is -2.85. The average molecular weight is 383 g/mol. The molecule has 0 atom stereocenters. The second-order valence-electron chi connectivity index (χ2n) is 4.92. The van der Waals surface area contributed by atoms with Gasteiger partial charge in [0.15, 0.2) is 5.75 Å². The number of fused-ring (bicyclic) bond motifs is 1. The molecule has 2 aromatic carbocycles. The number of hydrogen-bond donors (Lipinski definition) is 2. The van der Waals surface area contributed by atoms with Gasteiger partial charge in [-0.1, -0.05) is 23.7 Å². The fraction of sp³-hybridized carbons (Fsp3) is 0.0714. The van der Waals surface area contributed by atoms with Gasteiger partial charge >= 0.3 is 0 Å². The first-order chi connectivity index (χ1) is 11.8. The molecular weight excluding hydrogens is 372 g/mol. The molecule has 25 heavy (non-hydrogen) atoms. The van der Waals surface area contributed by atoms with Gasteiger partial charge in [0.2, 0.25) is 5.96 Å². The molecule has 0 unspecified atom stereocenters. The Bertz CT molecular complexity index is 1010. The van der Waals surface area contributed by atoms with Gasteiger partial charge in [-0.05, 0) is 12.1 Å². The lowest BCUT2D eigenvalue weighted by Crippen LogP contribution is -2.28. The Labute approximate surface area is 147 Å². The molecule has 1 aliphatic heterocycles. The summed E-state index contributed by atoms with van der Waals surface area (Å²) in [5.74, 6) is -0.103. The molecule has 0 bridgehead atoms. The summed E-state index contributed by atoms with van der Waals surface area (Å²) in [5, 5.41) is 16.9. The first-order valence-corrected chi connectivity index (χ1v) is 8.63. The van der Waals surface area contributed by atoms with Crippen molar-refractivity contribution >= 4 is 44.6 Å². The summed E-state index contributed by atoms with van der Waals surface area (Å²) < 4.78 is 33.5. The first kappa shape index (κ1) is 17.0. The number of nitrogens with one attached hydrogen (secondary N) is 2. The van der Waals surface area contributed by atoms with Crippen molar-refractivity contribution < 1.29 is 18.1 Å². The van der Waals surface area contributed by atoms with Crippen LogP contribution < -0.4 is 15.4 Å². The average Bonchev–Trinajstić information content (AvgIpc) is 2.55. The highest BCUT2D eigenvalue weighted by Gasteiger charge is 2.31. The van der Waals surface area contributed by atoms with Gasteiger partial charge in [-0.25, -0.2) is 0 Å². The molecule has 0 aromatic heterocycles. The molecule has 11 heteroatoms. The van der Waals surface area contributed by atoms with Gasteiger partial charge in [-0.2, -0.15) is 8.42 Å². The minimum atomic E-state index is -4.18. The number of hydrogen-bond acceptors (Lipinski definition) is 7. The third kappa shape index (κ3) is 3.21. The number of non-ortho nitro benzene ring substituents is 1. The fourth-order valence-corrected chi connectivity index (χ4v) is 3.52. The van der Waals surface area contributed by atoms with Crippen molar-refractivity contribution in [1.82, 2.24) is 0 Å². The number of sulfonamides is 1. The van der Waals surface area contributed by atoms with Crippen molar-refractivity contribution in [2.45, 2.75) is 4.90 Å². The van der Waals surface area contributed by atoms with E-state index in [9.17, 15) is 18.5 Å². The monoisotopic (exact) mass is 382 g/mol. The molecule has 130 valence electrons. The van der Waals surface area contributed by atoms with Crippen LogP contribution in [0.25, 0.3) is 0 Å². The smallest absolute Gasteiger partial charge is 0.288 e. The minimum Gasteiger partial charge on any atom is -0.494 e. The van der Waals surface area contributed by atoms with Crippen LogP contribution >= 0.6 is 11.6 Å². The van der Waals surface area contributed by atoms with E-state index in [0.717, 1.165) is 12.1 Å². The Morgan fingerprint density at radius 2 is 2.04 bits per heavy atom. The summed E-state index contributed by atoms with van der Waals surface area (Å²) in [7, 11) is -2.90. The molecule has 1 heterocycles. The number of methoxy groups -OCH3 is 1. The van der Waals surface area contributed by atoms with Crippen molar-refractivity contribution in [3.05, 3.63) is 51.5 Å². The van der Waals surface area contributed by atoms with Crippen LogP contribution in [-0.2, 0) is 10.0 Å². The van der Waals surface area contributed by atoms with Crippen molar-refractivity contribution in [3.63, 3.8) is 0 Å². The number of nitro groups is 1. The van der Waals surface area contributed by atoms with Gasteiger partial charge in [-0.15, -0.1) is 4.40 Å². The van der Waals surface area contributed by atoms with E-state index in [1.54, 1.807) is 24.3 Å². The lowest BCUT2D eigenvalue weighted by atomic mass is 10.2. The van der Waals surface area contributed by atoms with Crippen LogP contribution in [-0.4, -0.2) is 26.4 Å². The van der Waals surface area contributed by atoms with Crippen LogP contribution in [0.2, 0.25) is 5.02 Å². The van der Waals surface area contributed by atoms with Crippen LogP contribution in [0.4, 0.5) is 17.1 Å². The van der Waals surface area contributed by atoms with Crippen LogP contribution in [0.15, 0.2) is 45.7 Å². The second kappa shape index (κ2) is 6.22. The van der Waals surface area contributed by atoms with Crippen LogP contribution in [0.3, 0.4) is 0 Å². The molecule has 0 aliphatic carbocycles. The second-order valence-corrected chi connectivity index (χ2v) is 6.90. The highest BCUT2D eigenvalue weighted by Crippen LogP contribution is 2.39. The summed E-state index contributed by atoms with van der Waals surface area (Å²) in [6.45, 7) is 0. The summed E-state index contributed by atoms with van der Waals surface area (Å²) in [4.78, 5) is 9.93.